The van der Waals surface area contributed by atoms with Gasteiger partial charge in [-0.2, -0.15) is 5.21 Å². The highest BCUT2D eigenvalue weighted by Crippen LogP contribution is 2.30. The van der Waals surface area contributed by atoms with E-state index in [1.807, 2.05) is 18.2 Å². The van der Waals surface area contributed by atoms with Gasteiger partial charge in [-0.3, -0.25) is 20.0 Å². The van der Waals surface area contributed by atoms with E-state index in [1.54, 1.807) is 42.5 Å². The molecule has 0 aliphatic carbocycles. The molecule has 13 heteroatoms. The number of rotatable bonds is 16. The number of nitrogens with two attached hydrogens (primary N) is 1. The highest BCUT2D eigenvalue weighted by atomic mass is 16.5. The monoisotopic (exact) mass is 625 g/mol. The fourth-order valence-electron chi connectivity index (χ4n) is 5.02. The maximum Gasteiger partial charge on any atom is 0.328 e. The predicted molar refractivity (Wildman–Crippen MR) is 171 cm³/mol. The molecule has 5 N–H and O–H groups in total. The van der Waals surface area contributed by atoms with Crippen LogP contribution in [-0.2, 0) is 11.2 Å². The third-order valence-corrected chi connectivity index (χ3v) is 7.40. The lowest BCUT2D eigenvalue weighted by Gasteiger charge is -2.31. The summed E-state index contributed by atoms with van der Waals surface area (Å²) in [7, 11) is 0. The minimum absolute atomic E-state index is 0.0237. The summed E-state index contributed by atoms with van der Waals surface area (Å²) in [6.07, 6.45) is 4.08. The Morgan fingerprint density at radius 3 is 2.52 bits per heavy atom. The molecule has 0 spiro atoms. The number of amides is 1. The fraction of sp³-hybridized carbons (Fsp3) is 0.273. The minimum Gasteiger partial charge on any atom is -0.494 e. The van der Waals surface area contributed by atoms with Crippen LogP contribution in [0.1, 0.15) is 48.0 Å². The second-order valence-corrected chi connectivity index (χ2v) is 10.6. The number of carbonyl (C=O) groups is 2. The molecule has 1 atom stereocenters. The van der Waals surface area contributed by atoms with Gasteiger partial charge in [0.05, 0.1) is 12.0 Å². The molecule has 1 amide bonds. The zero-order valence-corrected chi connectivity index (χ0v) is 25.1. The van der Waals surface area contributed by atoms with Crippen LogP contribution in [0.5, 0.6) is 5.75 Å². The van der Waals surface area contributed by atoms with Crippen molar-refractivity contribution in [3.05, 3.63) is 100 Å². The summed E-state index contributed by atoms with van der Waals surface area (Å²) in [5, 5.41) is 25.3. The Morgan fingerprint density at radius 2 is 1.80 bits per heavy atom. The summed E-state index contributed by atoms with van der Waals surface area (Å²) in [6, 6.07) is 21.6. The average molecular weight is 626 g/mol. The van der Waals surface area contributed by atoms with Gasteiger partial charge in [-0.1, -0.05) is 36.4 Å². The Hall–Kier alpha value is -5.56. The summed E-state index contributed by atoms with van der Waals surface area (Å²) < 4.78 is 11.9. The first-order chi connectivity index (χ1) is 22.4. The van der Waals surface area contributed by atoms with E-state index in [9.17, 15) is 19.5 Å². The first-order valence-corrected chi connectivity index (χ1v) is 15.0. The summed E-state index contributed by atoms with van der Waals surface area (Å²) in [6.45, 7) is 0.921. The molecule has 46 heavy (non-hydrogen) atoms. The number of hydrogen-bond donors (Lipinski definition) is 4. The first-order valence-electron chi connectivity index (χ1n) is 15.0. The number of aromatic nitrogens is 4. The number of anilines is 1. The molecule has 2 heterocycles. The van der Waals surface area contributed by atoms with Crippen LogP contribution in [0.3, 0.4) is 0 Å². The summed E-state index contributed by atoms with van der Waals surface area (Å²) in [5.74, 6) is -1.06. The highest BCUT2D eigenvalue weighted by molar-refractivity contribution is 5.98. The highest BCUT2D eigenvalue weighted by Gasteiger charge is 2.30. The van der Waals surface area contributed by atoms with Crippen LogP contribution in [-0.4, -0.2) is 56.8 Å². The second-order valence-electron chi connectivity index (χ2n) is 10.6. The molecule has 13 nitrogen and oxygen atoms in total. The molecular weight excluding hydrogens is 590 g/mol. The minimum atomic E-state index is -1.21. The standard InChI is InChI=1S/C33H35N7O6/c34-19-6-4-13-27(33(43)44)40(26-14-8-12-25-28(41)21-29(46-30(25)26)31-35-38-39-36-31)37-32(42)23-15-17-24(18-16-23)45-20-7-5-11-22-9-2-1-3-10-22/h1-3,8-10,12,14-18,21,27H,4-7,11,13,19-20,34H2,(H,37,42)(H,43,44)(H,35,36,38,39)/t27-/m0/s1. The van der Waals surface area contributed by atoms with Crippen molar-refractivity contribution >= 4 is 28.5 Å². The number of aryl methyl sites for hydroxylation is 1. The van der Waals surface area contributed by atoms with E-state index in [0.29, 0.717) is 31.7 Å². The number of ether oxygens (including phenoxy) is 1. The van der Waals surface area contributed by atoms with Gasteiger partial charge in [0.1, 0.15) is 17.5 Å². The molecule has 0 fully saturated rings. The van der Waals surface area contributed by atoms with Gasteiger partial charge in [0.25, 0.3) is 5.91 Å². The van der Waals surface area contributed by atoms with Crippen LogP contribution < -0.4 is 26.3 Å². The van der Waals surface area contributed by atoms with Gasteiger partial charge in [-0.25, -0.2) is 4.79 Å². The van der Waals surface area contributed by atoms with Crippen LogP contribution in [0, 0.1) is 0 Å². The van der Waals surface area contributed by atoms with E-state index < -0.39 is 23.3 Å². The topological polar surface area (TPSA) is 190 Å². The van der Waals surface area contributed by atoms with E-state index >= 15 is 0 Å². The number of aliphatic carboxylic acids is 1. The van der Waals surface area contributed by atoms with Crippen molar-refractivity contribution < 1.29 is 23.8 Å². The normalized spacial score (nSPS) is 11.7. The Bertz CT molecular complexity index is 1790. The molecule has 0 aliphatic heterocycles. The van der Waals surface area contributed by atoms with Gasteiger partial charge in [0.15, 0.2) is 16.8 Å². The maximum atomic E-state index is 13.6. The van der Waals surface area contributed by atoms with E-state index in [4.69, 9.17) is 14.9 Å². The number of carboxylic acids is 1. The molecule has 5 rings (SSSR count). The number of hydrazine groups is 1. The zero-order valence-electron chi connectivity index (χ0n) is 25.1. The molecule has 238 valence electrons. The Kier molecular flexibility index (Phi) is 10.7. The van der Waals surface area contributed by atoms with Gasteiger partial charge in [-0.15, -0.1) is 10.2 Å². The third kappa shape index (κ3) is 7.93. The van der Waals surface area contributed by atoms with Gasteiger partial charge in [0.2, 0.25) is 5.82 Å². The van der Waals surface area contributed by atoms with E-state index in [-0.39, 0.29) is 40.2 Å². The largest absolute Gasteiger partial charge is 0.494 e. The Labute approximate surface area is 264 Å². The maximum absolute atomic E-state index is 13.6. The molecule has 0 bridgehead atoms. The van der Waals surface area contributed by atoms with Crippen molar-refractivity contribution in [3.8, 4) is 17.3 Å². The number of para-hydroxylation sites is 1. The number of nitrogens with zero attached hydrogens (tertiary/aromatic N) is 4. The Morgan fingerprint density at radius 1 is 1.00 bits per heavy atom. The number of tetrazole rings is 1. The summed E-state index contributed by atoms with van der Waals surface area (Å²) >= 11 is 0. The van der Waals surface area contributed by atoms with Gasteiger partial charge in [0, 0.05) is 11.6 Å². The molecule has 0 saturated heterocycles. The molecule has 0 aliphatic rings. The quantitative estimate of drug-likeness (QED) is 0.0912. The lowest BCUT2D eigenvalue weighted by molar-refractivity contribution is -0.138. The van der Waals surface area contributed by atoms with Crippen LogP contribution >= 0.6 is 0 Å². The number of hydrogen-bond acceptors (Lipinski definition) is 10. The van der Waals surface area contributed by atoms with Crippen molar-refractivity contribution in [1.29, 1.82) is 0 Å². The molecular formula is C33H35N7O6. The fourth-order valence-corrected chi connectivity index (χ4v) is 5.02. The number of nitrogens with one attached hydrogen (secondary N) is 2. The number of benzene rings is 3. The van der Waals surface area contributed by atoms with Gasteiger partial charge < -0.3 is 20.0 Å². The molecule has 0 saturated carbocycles. The lowest BCUT2D eigenvalue weighted by Crippen LogP contribution is -2.52. The molecule has 2 aromatic heterocycles. The predicted octanol–water partition coefficient (Wildman–Crippen LogP) is 4.11. The number of carbonyl (C=O) groups excluding carboxylic acids is 1. The summed E-state index contributed by atoms with van der Waals surface area (Å²) in [5.41, 5.74) is 9.79. The third-order valence-electron chi connectivity index (χ3n) is 7.40. The first kappa shape index (κ1) is 31.9. The van der Waals surface area contributed by atoms with E-state index in [1.165, 1.54) is 16.6 Å². The van der Waals surface area contributed by atoms with Crippen molar-refractivity contribution in [2.75, 3.05) is 18.2 Å². The van der Waals surface area contributed by atoms with Gasteiger partial charge in [-0.05, 0) is 92.2 Å². The summed E-state index contributed by atoms with van der Waals surface area (Å²) in [4.78, 5) is 39.2. The Balaban J connectivity index is 1.36. The van der Waals surface area contributed by atoms with Crippen LogP contribution in [0.25, 0.3) is 22.6 Å². The van der Waals surface area contributed by atoms with Crippen LogP contribution in [0.2, 0.25) is 0 Å². The van der Waals surface area contributed by atoms with E-state index in [2.05, 4.69) is 38.2 Å². The van der Waals surface area contributed by atoms with Crippen LogP contribution in [0.15, 0.2) is 88.1 Å². The van der Waals surface area contributed by atoms with Gasteiger partial charge >= 0.3 is 5.97 Å². The zero-order chi connectivity index (χ0) is 32.3. The second kappa shape index (κ2) is 15.4. The van der Waals surface area contributed by atoms with Crippen molar-refractivity contribution in [1.82, 2.24) is 26.0 Å². The smallest absolute Gasteiger partial charge is 0.328 e. The SMILES string of the molecule is NCCCC[C@@H](C(=O)O)N(NC(=O)c1ccc(OCCCCc2ccccc2)cc1)c1cccc2c(=O)cc(-c3nn[nH]n3)oc12. The lowest BCUT2D eigenvalue weighted by atomic mass is 10.1. The number of H-pyrrole nitrogens is 1. The van der Waals surface area contributed by atoms with Crippen molar-refractivity contribution in [2.24, 2.45) is 5.73 Å². The number of unbranched alkanes of at least 4 members (excludes halogenated alkanes) is 2. The number of fused-ring (bicyclic) bond motifs is 1. The molecule has 3 aromatic carbocycles. The van der Waals surface area contributed by atoms with Crippen LogP contribution in [0.4, 0.5) is 5.69 Å². The van der Waals surface area contributed by atoms with E-state index in [0.717, 1.165) is 19.3 Å². The average Bonchev–Trinajstić information content (AvgIpc) is 3.62. The van der Waals surface area contributed by atoms with Crippen molar-refractivity contribution in [2.45, 2.75) is 44.6 Å². The number of aromatic amines is 1. The molecule has 5 aromatic rings. The van der Waals surface area contributed by atoms with Crippen molar-refractivity contribution in [3.63, 3.8) is 0 Å². The molecule has 0 radical (unpaired) electrons. The molecule has 0 unspecified atom stereocenters. The number of carboxylic acid groups (broad SMARTS) is 1.